The Morgan fingerprint density at radius 3 is 2.06 bits per heavy atom. The maximum absolute atomic E-state index is 11.0. The molecular formula is C14H24O2. The van der Waals surface area contributed by atoms with Crippen molar-refractivity contribution >= 4 is 5.97 Å². The van der Waals surface area contributed by atoms with Crippen LogP contribution in [0.25, 0.3) is 0 Å². The zero-order valence-corrected chi connectivity index (χ0v) is 11.0. The molecule has 0 aromatic heterocycles. The first kappa shape index (κ1) is 13.3. The van der Waals surface area contributed by atoms with Crippen LogP contribution in [0.4, 0.5) is 0 Å². The van der Waals surface area contributed by atoms with E-state index in [1.54, 1.807) is 6.92 Å². The lowest BCUT2D eigenvalue weighted by Gasteiger charge is -2.46. The third-order valence-electron chi connectivity index (χ3n) is 4.07. The molecule has 2 nitrogen and oxygen atoms in total. The van der Waals surface area contributed by atoms with Gasteiger partial charge in [0.15, 0.2) is 0 Å². The molecule has 0 atom stereocenters. The molecule has 0 aliphatic heterocycles. The Morgan fingerprint density at radius 2 is 1.69 bits per heavy atom. The molecule has 16 heavy (non-hydrogen) atoms. The predicted molar refractivity (Wildman–Crippen MR) is 66.4 cm³/mol. The highest BCUT2D eigenvalue weighted by atomic mass is 16.4. The minimum Gasteiger partial charge on any atom is -0.478 e. The molecular weight excluding hydrogens is 200 g/mol. The molecule has 92 valence electrons. The second-order valence-electron chi connectivity index (χ2n) is 6.10. The molecule has 0 radical (unpaired) electrons. The Bertz CT molecular complexity index is 288. The zero-order valence-electron chi connectivity index (χ0n) is 11.0. The van der Waals surface area contributed by atoms with Crippen molar-refractivity contribution < 1.29 is 9.90 Å². The smallest absolute Gasteiger partial charge is 0.330 e. The highest BCUT2D eigenvalue weighted by Gasteiger charge is 2.41. The third kappa shape index (κ3) is 2.66. The average Bonchev–Trinajstić information content (AvgIpc) is 2.17. The number of hydrogen-bond donors (Lipinski definition) is 1. The number of carboxylic acid groups (broad SMARTS) is 1. The summed E-state index contributed by atoms with van der Waals surface area (Å²) in [5.74, 6) is -0.783. The predicted octanol–water partition coefficient (Wildman–Crippen LogP) is 4.01. The quantitative estimate of drug-likeness (QED) is 0.719. The molecule has 1 N–H and O–H groups in total. The summed E-state index contributed by atoms with van der Waals surface area (Å²) < 4.78 is 0. The van der Waals surface area contributed by atoms with Crippen molar-refractivity contribution in [3.63, 3.8) is 0 Å². The van der Waals surface area contributed by atoms with Gasteiger partial charge in [-0.2, -0.15) is 0 Å². The van der Waals surface area contributed by atoms with Crippen molar-refractivity contribution in [2.24, 2.45) is 10.8 Å². The molecule has 1 saturated carbocycles. The SMILES string of the molecule is C/C(=C\C1(C(C)(C)C)CCCCC1)C(=O)O. The Morgan fingerprint density at radius 1 is 1.19 bits per heavy atom. The summed E-state index contributed by atoms with van der Waals surface area (Å²) in [5.41, 5.74) is 0.717. The van der Waals surface area contributed by atoms with Crippen LogP contribution >= 0.6 is 0 Å². The third-order valence-corrected chi connectivity index (χ3v) is 4.07. The number of hydrogen-bond acceptors (Lipinski definition) is 1. The van der Waals surface area contributed by atoms with Gasteiger partial charge in [0.2, 0.25) is 0 Å². The molecule has 1 aliphatic rings. The summed E-state index contributed by atoms with van der Waals surface area (Å²) in [6.07, 6.45) is 8.01. The molecule has 0 saturated heterocycles. The Kier molecular flexibility index (Phi) is 3.82. The molecule has 1 aliphatic carbocycles. The first-order valence-corrected chi connectivity index (χ1v) is 6.21. The van der Waals surface area contributed by atoms with E-state index >= 15 is 0 Å². The van der Waals surface area contributed by atoms with Crippen LogP contribution < -0.4 is 0 Å². The fourth-order valence-corrected chi connectivity index (χ4v) is 2.77. The molecule has 0 aromatic carbocycles. The van der Waals surface area contributed by atoms with Crippen LogP contribution in [-0.2, 0) is 4.79 Å². The summed E-state index contributed by atoms with van der Waals surface area (Å²) in [6, 6.07) is 0. The summed E-state index contributed by atoms with van der Waals surface area (Å²) in [7, 11) is 0. The van der Waals surface area contributed by atoms with Gasteiger partial charge in [-0.05, 0) is 30.6 Å². The molecule has 1 fully saturated rings. The van der Waals surface area contributed by atoms with Crippen LogP contribution in [0.15, 0.2) is 11.6 Å². The van der Waals surface area contributed by atoms with Gasteiger partial charge in [-0.1, -0.05) is 46.1 Å². The summed E-state index contributed by atoms with van der Waals surface area (Å²) in [5, 5.41) is 9.02. The number of allylic oxidation sites excluding steroid dienone is 1. The Labute approximate surface area is 98.7 Å². The zero-order chi connectivity index (χ0) is 12.4. The van der Waals surface area contributed by atoms with Crippen LogP contribution in [-0.4, -0.2) is 11.1 Å². The molecule has 2 heteroatoms. The van der Waals surface area contributed by atoms with Gasteiger partial charge in [0.1, 0.15) is 0 Å². The van der Waals surface area contributed by atoms with Gasteiger partial charge in [0, 0.05) is 5.57 Å². The molecule has 0 aromatic rings. The largest absolute Gasteiger partial charge is 0.478 e. The van der Waals surface area contributed by atoms with Gasteiger partial charge in [-0.15, -0.1) is 0 Å². The second kappa shape index (κ2) is 4.60. The van der Waals surface area contributed by atoms with Gasteiger partial charge < -0.3 is 5.11 Å². The van der Waals surface area contributed by atoms with Crippen molar-refractivity contribution in [2.75, 3.05) is 0 Å². The van der Waals surface area contributed by atoms with Gasteiger partial charge in [0.05, 0.1) is 0 Å². The van der Waals surface area contributed by atoms with E-state index in [1.807, 2.05) is 6.08 Å². The number of carboxylic acids is 1. The highest BCUT2D eigenvalue weighted by molar-refractivity contribution is 5.85. The van der Waals surface area contributed by atoms with E-state index in [9.17, 15) is 4.79 Å². The van der Waals surface area contributed by atoms with E-state index in [-0.39, 0.29) is 10.8 Å². The van der Waals surface area contributed by atoms with E-state index in [1.165, 1.54) is 19.3 Å². The maximum atomic E-state index is 11.0. The standard InChI is InChI=1S/C14H24O2/c1-11(12(15)16)10-14(13(2,3)4)8-6-5-7-9-14/h10H,5-9H2,1-4H3,(H,15,16)/b11-10+. The van der Waals surface area contributed by atoms with Crippen LogP contribution in [0.3, 0.4) is 0 Å². The summed E-state index contributed by atoms with van der Waals surface area (Å²) >= 11 is 0. The van der Waals surface area contributed by atoms with E-state index in [4.69, 9.17) is 5.11 Å². The normalized spacial score (nSPS) is 21.9. The lowest BCUT2D eigenvalue weighted by molar-refractivity contribution is -0.132. The molecule has 0 amide bonds. The number of aliphatic carboxylic acids is 1. The molecule has 0 heterocycles. The lowest BCUT2D eigenvalue weighted by Crippen LogP contribution is -2.36. The average molecular weight is 224 g/mol. The fourth-order valence-electron chi connectivity index (χ4n) is 2.77. The first-order valence-electron chi connectivity index (χ1n) is 6.21. The number of carbonyl (C=O) groups is 1. The Hall–Kier alpha value is -0.790. The van der Waals surface area contributed by atoms with Gasteiger partial charge >= 0.3 is 5.97 Å². The molecule has 0 spiro atoms. The molecule has 0 unspecified atom stereocenters. The van der Waals surface area contributed by atoms with Crippen LogP contribution in [0, 0.1) is 10.8 Å². The van der Waals surface area contributed by atoms with E-state index in [0.29, 0.717) is 5.57 Å². The van der Waals surface area contributed by atoms with Gasteiger partial charge in [-0.25, -0.2) is 4.79 Å². The van der Waals surface area contributed by atoms with Gasteiger partial charge in [-0.3, -0.25) is 0 Å². The van der Waals surface area contributed by atoms with Crippen molar-refractivity contribution in [1.82, 2.24) is 0 Å². The van der Waals surface area contributed by atoms with Crippen molar-refractivity contribution in [3.05, 3.63) is 11.6 Å². The maximum Gasteiger partial charge on any atom is 0.330 e. The monoisotopic (exact) mass is 224 g/mol. The summed E-state index contributed by atoms with van der Waals surface area (Å²) in [4.78, 5) is 11.0. The minimum atomic E-state index is -0.783. The fraction of sp³-hybridized carbons (Fsp3) is 0.786. The lowest BCUT2D eigenvalue weighted by atomic mass is 9.59. The minimum absolute atomic E-state index is 0.0771. The summed E-state index contributed by atoms with van der Waals surface area (Å²) in [6.45, 7) is 8.39. The van der Waals surface area contributed by atoms with Crippen molar-refractivity contribution in [3.8, 4) is 0 Å². The van der Waals surface area contributed by atoms with Crippen LogP contribution in [0.2, 0.25) is 0 Å². The Balaban J connectivity index is 3.05. The van der Waals surface area contributed by atoms with E-state index in [2.05, 4.69) is 20.8 Å². The van der Waals surface area contributed by atoms with Crippen molar-refractivity contribution in [2.45, 2.75) is 59.8 Å². The number of rotatable bonds is 2. The molecule has 1 rings (SSSR count). The van der Waals surface area contributed by atoms with E-state index in [0.717, 1.165) is 12.8 Å². The van der Waals surface area contributed by atoms with Crippen molar-refractivity contribution in [1.29, 1.82) is 0 Å². The highest BCUT2D eigenvalue weighted by Crippen LogP contribution is 2.51. The van der Waals surface area contributed by atoms with Crippen LogP contribution in [0.5, 0.6) is 0 Å². The molecule has 0 bridgehead atoms. The first-order chi connectivity index (χ1) is 7.28. The second-order valence-corrected chi connectivity index (χ2v) is 6.10. The van der Waals surface area contributed by atoms with E-state index < -0.39 is 5.97 Å². The topological polar surface area (TPSA) is 37.3 Å². The van der Waals surface area contributed by atoms with Gasteiger partial charge in [0.25, 0.3) is 0 Å². The van der Waals surface area contributed by atoms with Crippen LogP contribution in [0.1, 0.15) is 59.8 Å².